The molecule has 0 rings (SSSR count). The zero-order valence-electron chi connectivity index (χ0n) is 12.2. The van der Waals surface area contributed by atoms with Gasteiger partial charge in [0.05, 0.1) is 12.6 Å². The number of rotatable bonds is 7. The average Bonchev–Trinajstić information content (AvgIpc) is 2.32. The van der Waals surface area contributed by atoms with Gasteiger partial charge in [-0.3, -0.25) is 9.59 Å². The van der Waals surface area contributed by atoms with Crippen LogP contribution in [0.5, 0.6) is 0 Å². The van der Waals surface area contributed by atoms with Crippen molar-refractivity contribution in [3.05, 3.63) is 0 Å². The van der Waals surface area contributed by atoms with Gasteiger partial charge in [-0.05, 0) is 17.8 Å². The zero-order chi connectivity index (χ0) is 14.3. The highest BCUT2D eigenvalue weighted by Crippen LogP contribution is 2.17. The summed E-state index contributed by atoms with van der Waals surface area (Å²) in [5.41, 5.74) is 5.74. The van der Waals surface area contributed by atoms with E-state index in [1.165, 1.54) is 0 Å². The summed E-state index contributed by atoms with van der Waals surface area (Å²) < 4.78 is 0. The first-order valence-corrected chi connectivity index (χ1v) is 6.49. The van der Waals surface area contributed by atoms with E-state index in [0.29, 0.717) is 6.54 Å². The minimum Gasteiger partial charge on any atom is -0.354 e. The Morgan fingerprint density at radius 2 is 1.78 bits per heavy atom. The number of hydrogen-bond donors (Lipinski definition) is 3. The van der Waals surface area contributed by atoms with Gasteiger partial charge in [0.1, 0.15) is 0 Å². The van der Waals surface area contributed by atoms with Gasteiger partial charge in [0.2, 0.25) is 11.8 Å². The second-order valence-electron chi connectivity index (χ2n) is 5.78. The molecular formula is C13H27N3O2. The molecule has 5 nitrogen and oxygen atoms in total. The number of carbonyl (C=O) groups excluding carboxylic acids is 2. The summed E-state index contributed by atoms with van der Waals surface area (Å²) in [6.45, 7) is 10.6. The lowest BCUT2D eigenvalue weighted by atomic mass is 9.90. The van der Waals surface area contributed by atoms with Crippen molar-refractivity contribution in [1.29, 1.82) is 0 Å². The van der Waals surface area contributed by atoms with E-state index in [-0.39, 0.29) is 29.7 Å². The maximum atomic E-state index is 11.5. The molecule has 0 aliphatic rings. The Labute approximate surface area is 110 Å². The zero-order valence-corrected chi connectivity index (χ0v) is 12.2. The lowest BCUT2D eigenvalue weighted by Crippen LogP contribution is -2.47. The van der Waals surface area contributed by atoms with Crippen LogP contribution in [0.1, 0.15) is 41.0 Å². The molecule has 0 heterocycles. The van der Waals surface area contributed by atoms with Crippen LogP contribution in [-0.2, 0) is 9.59 Å². The number of carbonyl (C=O) groups is 2. The first kappa shape index (κ1) is 16.9. The lowest BCUT2D eigenvalue weighted by molar-refractivity contribution is -0.127. The van der Waals surface area contributed by atoms with Gasteiger partial charge in [0.25, 0.3) is 0 Å². The highest BCUT2D eigenvalue weighted by Gasteiger charge is 2.19. The molecule has 0 aromatic carbocycles. The smallest absolute Gasteiger partial charge is 0.239 e. The molecule has 0 saturated carbocycles. The van der Waals surface area contributed by atoms with E-state index in [1.807, 2.05) is 13.8 Å². The molecule has 4 N–H and O–H groups in total. The Balaban J connectivity index is 3.95. The van der Waals surface area contributed by atoms with Crippen LogP contribution in [-0.4, -0.2) is 30.9 Å². The van der Waals surface area contributed by atoms with Crippen molar-refractivity contribution in [2.45, 2.75) is 47.1 Å². The van der Waals surface area contributed by atoms with E-state index in [0.717, 1.165) is 6.42 Å². The third kappa shape index (κ3) is 6.59. The predicted octanol–water partition coefficient (Wildman–Crippen LogP) is 0.638. The molecule has 18 heavy (non-hydrogen) atoms. The van der Waals surface area contributed by atoms with Crippen LogP contribution < -0.4 is 16.4 Å². The molecule has 0 spiro atoms. The Morgan fingerprint density at radius 3 is 2.22 bits per heavy atom. The maximum Gasteiger partial charge on any atom is 0.239 e. The Kier molecular flexibility index (Phi) is 6.91. The maximum absolute atomic E-state index is 11.5. The quantitative estimate of drug-likeness (QED) is 0.625. The van der Waals surface area contributed by atoms with E-state index in [1.54, 1.807) is 0 Å². The van der Waals surface area contributed by atoms with Crippen molar-refractivity contribution < 1.29 is 9.59 Å². The van der Waals surface area contributed by atoms with Gasteiger partial charge in [-0.1, -0.05) is 34.6 Å². The fraction of sp³-hybridized carbons (Fsp3) is 0.846. The highest BCUT2D eigenvalue weighted by atomic mass is 16.2. The summed E-state index contributed by atoms with van der Waals surface area (Å²) in [6, 6.07) is -0.565. The largest absolute Gasteiger partial charge is 0.354 e. The van der Waals surface area contributed by atoms with Crippen molar-refractivity contribution in [1.82, 2.24) is 10.6 Å². The molecule has 0 aromatic heterocycles. The molecule has 0 aliphatic heterocycles. The molecule has 1 atom stereocenters. The molecule has 0 bridgehead atoms. The van der Waals surface area contributed by atoms with Crippen LogP contribution in [0.2, 0.25) is 0 Å². The Hall–Kier alpha value is -1.10. The lowest BCUT2D eigenvalue weighted by Gasteiger charge is -2.23. The van der Waals surface area contributed by atoms with Crippen LogP contribution in [0, 0.1) is 11.3 Å². The summed E-state index contributed by atoms with van der Waals surface area (Å²) >= 11 is 0. The number of nitrogens with two attached hydrogens (primary N) is 1. The van der Waals surface area contributed by atoms with Crippen LogP contribution in [0.25, 0.3) is 0 Å². The van der Waals surface area contributed by atoms with Gasteiger partial charge < -0.3 is 16.4 Å². The summed E-state index contributed by atoms with van der Waals surface area (Å²) in [5.74, 6) is -0.400. The first-order chi connectivity index (χ1) is 8.19. The third-order valence-corrected chi connectivity index (χ3v) is 3.17. The van der Waals surface area contributed by atoms with E-state index in [2.05, 4.69) is 31.4 Å². The average molecular weight is 257 g/mol. The number of hydrogen-bond acceptors (Lipinski definition) is 3. The SMILES string of the molecule is CCC(C)(C)CNC(=O)CNC(=O)[C@@H](N)C(C)C. The van der Waals surface area contributed by atoms with Crippen LogP contribution in [0.3, 0.4) is 0 Å². The number of nitrogens with one attached hydrogen (secondary N) is 2. The van der Waals surface area contributed by atoms with Gasteiger partial charge in [-0.2, -0.15) is 0 Å². The minimum absolute atomic E-state index is 0.0148. The van der Waals surface area contributed by atoms with Crippen molar-refractivity contribution >= 4 is 11.8 Å². The molecule has 2 amide bonds. The van der Waals surface area contributed by atoms with Gasteiger partial charge in [-0.25, -0.2) is 0 Å². The first-order valence-electron chi connectivity index (χ1n) is 6.49. The molecule has 106 valence electrons. The Morgan fingerprint density at radius 1 is 1.22 bits per heavy atom. The standard InChI is InChI=1S/C13H27N3O2/c1-6-13(4,5)8-16-10(17)7-15-12(18)11(14)9(2)3/h9,11H,6-8,14H2,1-5H3,(H,15,18)(H,16,17)/t11-/m0/s1. The molecule has 0 radical (unpaired) electrons. The van der Waals surface area contributed by atoms with Crippen molar-refractivity contribution in [2.24, 2.45) is 17.1 Å². The van der Waals surface area contributed by atoms with Crippen LogP contribution in [0.15, 0.2) is 0 Å². The second kappa shape index (κ2) is 7.36. The van der Waals surface area contributed by atoms with Crippen molar-refractivity contribution in [3.8, 4) is 0 Å². The topological polar surface area (TPSA) is 84.2 Å². The predicted molar refractivity (Wildman–Crippen MR) is 72.9 cm³/mol. The van der Waals surface area contributed by atoms with Gasteiger partial charge in [-0.15, -0.1) is 0 Å². The second-order valence-corrected chi connectivity index (χ2v) is 5.78. The molecule has 0 aromatic rings. The van der Waals surface area contributed by atoms with Crippen LogP contribution >= 0.6 is 0 Å². The minimum atomic E-state index is -0.565. The van der Waals surface area contributed by atoms with Crippen molar-refractivity contribution in [2.75, 3.05) is 13.1 Å². The molecular weight excluding hydrogens is 230 g/mol. The van der Waals surface area contributed by atoms with Gasteiger partial charge in [0.15, 0.2) is 0 Å². The summed E-state index contributed by atoms with van der Waals surface area (Å²) in [6.07, 6.45) is 0.984. The Bertz CT molecular complexity index is 288. The highest BCUT2D eigenvalue weighted by molar-refractivity contribution is 5.87. The molecule has 5 heteroatoms. The third-order valence-electron chi connectivity index (χ3n) is 3.17. The van der Waals surface area contributed by atoms with E-state index >= 15 is 0 Å². The molecule has 0 aliphatic carbocycles. The monoisotopic (exact) mass is 257 g/mol. The fourth-order valence-electron chi connectivity index (χ4n) is 1.11. The normalized spacial score (nSPS) is 13.3. The summed E-state index contributed by atoms with van der Waals surface area (Å²) in [4.78, 5) is 23.1. The van der Waals surface area contributed by atoms with Gasteiger partial charge >= 0.3 is 0 Å². The fourth-order valence-corrected chi connectivity index (χ4v) is 1.11. The molecule has 0 saturated heterocycles. The van der Waals surface area contributed by atoms with E-state index < -0.39 is 6.04 Å². The van der Waals surface area contributed by atoms with E-state index in [4.69, 9.17) is 5.73 Å². The summed E-state index contributed by atoms with van der Waals surface area (Å²) in [7, 11) is 0. The summed E-state index contributed by atoms with van der Waals surface area (Å²) in [5, 5.41) is 5.34. The van der Waals surface area contributed by atoms with Gasteiger partial charge in [0, 0.05) is 6.54 Å². The van der Waals surface area contributed by atoms with E-state index in [9.17, 15) is 9.59 Å². The van der Waals surface area contributed by atoms with Crippen LogP contribution in [0.4, 0.5) is 0 Å². The molecule has 0 unspecified atom stereocenters. The number of amides is 2. The van der Waals surface area contributed by atoms with Crippen molar-refractivity contribution in [3.63, 3.8) is 0 Å². The molecule has 0 fully saturated rings.